The highest BCUT2D eigenvalue weighted by molar-refractivity contribution is 5.73. The van der Waals surface area contributed by atoms with Crippen molar-refractivity contribution in [3.8, 4) is 5.75 Å². The van der Waals surface area contributed by atoms with Crippen LogP contribution in [0.15, 0.2) is 18.2 Å². The predicted octanol–water partition coefficient (Wildman–Crippen LogP) is 1.55. The van der Waals surface area contributed by atoms with Gasteiger partial charge >= 0.3 is 0 Å². The fourth-order valence-corrected chi connectivity index (χ4v) is 2.41. The van der Waals surface area contributed by atoms with E-state index in [0.29, 0.717) is 19.4 Å². The Morgan fingerprint density at radius 2 is 1.79 bits per heavy atom. The molecule has 0 radical (unpaired) electrons. The average molecular weight is 335 g/mol. The van der Waals surface area contributed by atoms with Crippen LogP contribution in [0.25, 0.3) is 0 Å². The molecular formula is C18H29N3O3. The molecule has 0 aliphatic rings. The van der Waals surface area contributed by atoms with Crippen molar-refractivity contribution < 1.29 is 14.3 Å². The Kier molecular flexibility index (Phi) is 8.86. The van der Waals surface area contributed by atoms with Crippen LogP contribution in [0.3, 0.4) is 0 Å². The van der Waals surface area contributed by atoms with Crippen LogP contribution in [0.2, 0.25) is 0 Å². The minimum absolute atomic E-state index is 0.212. The number of hydrogen-bond acceptors (Lipinski definition) is 4. The summed E-state index contributed by atoms with van der Waals surface area (Å²) in [6, 6.07) is 5.77. The largest absolute Gasteiger partial charge is 0.492 e. The van der Waals surface area contributed by atoms with Gasteiger partial charge in [-0.1, -0.05) is 12.5 Å². The number of unbranched alkanes of at least 4 members (excludes halogenated alkanes) is 2. The molecule has 1 aromatic carbocycles. The van der Waals surface area contributed by atoms with Crippen LogP contribution in [0, 0.1) is 6.92 Å². The van der Waals surface area contributed by atoms with Crippen LogP contribution >= 0.6 is 0 Å². The first kappa shape index (κ1) is 20.0. The summed E-state index contributed by atoms with van der Waals surface area (Å²) in [5.41, 5.74) is 18.6. The van der Waals surface area contributed by atoms with Gasteiger partial charge in [0.2, 0.25) is 11.8 Å². The maximum Gasteiger partial charge on any atom is 0.217 e. The molecule has 0 fully saturated rings. The average Bonchev–Trinajstić information content (AvgIpc) is 2.52. The normalized spacial score (nSPS) is 11.9. The molecule has 6 N–H and O–H groups in total. The zero-order valence-electron chi connectivity index (χ0n) is 14.4. The van der Waals surface area contributed by atoms with Crippen molar-refractivity contribution in [3.05, 3.63) is 29.3 Å². The molecular weight excluding hydrogens is 306 g/mol. The first-order chi connectivity index (χ1) is 11.4. The van der Waals surface area contributed by atoms with Crippen molar-refractivity contribution in [3.63, 3.8) is 0 Å². The van der Waals surface area contributed by atoms with Gasteiger partial charge in [0.25, 0.3) is 0 Å². The van der Waals surface area contributed by atoms with E-state index in [1.165, 1.54) is 11.1 Å². The topological polar surface area (TPSA) is 121 Å². The van der Waals surface area contributed by atoms with E-state index in [2.05, 4.69) is 6.92 Å². The van der Waals surface area contributed by atoms with E-state index < -0.39 is 0 Å². The van der Waals surface area contributed by atoms with Gasteiger partial charge in [0.15, 0.2) is 0 Å². The van der Waals surface area contributed by atoms with Gasteiger partial charge in [0, 0.05) is 18.9 Å². The summed E-state index contributed by atoms with van der Waals surface area (Å²) in [5, 5.41) is 0. The molecule has 0 saturated heterocycles. The molecule has 2 amide bonds. The smallest absolute Gasteiger partial charge is 0.217 e. The number of benzene rings is 1. The second-order valence-electron chi connectivity index (χ2n) is 6.19. The highest BCUT2D eigenvalue weighted by Gasteiger charge is 2.07. The fraction of sp³-hybridized carbons (Fsp3) is 0.556. The molecule has 1 atom stereocenters. The standard InChI is InChI=1S/C18H29N3O3/c1-13-7-9-16(24-12-15(19)8-10-18(21)23)11-14(13)5-3-2-4-6-17(20)22/h7,9,11,15H,2-6,8,10,12,19H2,1H3,(H2,20,22)(H2,21,23)/t15-/m0/s1. The molecule has 1 aromatic rings. The molecule has 0 heterocycles. The van der Waals surface area contributed by atoms with Crippen molar-refractivity contribution in [2.75, 3.05) is 6.61 Å². The Morgan fingerprint density at radius 3 is 2.46 bits per heavy atom. The van der Waals surface area contributed by atoms with Crippen LogP contribution in [0.4, 0.5) is 0 Å². The molecule has 0 unspecified atom stereocenters. The molecule has 0 bridgehead atoms. The molecule has 6 heteroatoms. The van der Waals surface area contributed by atoms with E-state index in [4.69, 9.17) is 21.9 Å². The van der Waals surface area contributed by atoms with Gasteiger partial charge in [-0.15, -0.1) is 0 Å². The molecule has 0 saturated carbocycles. The fourth-order valence-electron chi connectivity index (χ4n) is 2.41. The SMILES string of the molecule is Cc1ccc(OC[C@@H](N)CCC(N)=O)cc1CCCCCC(N)=O. The Bertz CT molecular complexity index is 546. The third-order valence-corrected chi connectivity index (χ3v) is 3.92. The molecule has 134 valence electrons. The number of hydrogen-bond donors (Lipinski definition) is 3. The summed E-state index contributed by atoms with van der Waals surface area (Å²) in [7, 11) is 0. The summed E-state index contributed by atoms with van der Waals surface area (Å²) >= 11 is 0. The number of primary amides is 2. The Balaban J connectivity index is 2.41. The molecule has 0 aromatic heterocycles. The van der Waals surface area contributed by atoms with Crippen LogP contribution in [0.5, 0.6) is 5.75 Å². The Hall–Kier alpha value is -2.08. The molecule has 0 spiro atoms. The van der Waals surface area contributed by atoms with Crippen molar-refractivity contribution in [2.45, 2.75) is 57.9 Å². The van der Waals surface area contributed by atoms with Crippen molar-refractivity contribution >= 4 is 11.8 Å². The van der Waals surface area contributed by atoms with Gasteiger partial charge in [0.05, 0.1) is 0 Å². The van der Waals surface area contributed by atoms with E-state index in [0.717, 1.165) is 31.4 Å². The molecule has 6 nitrogen and oxygen atoms in total. The van der Waals surface area contributed by atoms with Gasteiger partial charge in [0.1, 0.15) is 12.4 Å². The number of amides is 2. The van der Waals surface area contributed by atoms with Crippen LogP contribution < -0.4 is 21.9 Å². The van der Waals surface area contributed by atoms with Crippen molar-refractivity contribution in [1.82, 2.24) is 0 Å². The quantitative estimate of drug-likeness (QED) is 0.502. The van der Waals surface area contributed by atoms with Crippen LogP contribution in [0.1, 0.15) is 49.7 Å². The monoisotopic (exact) mass is 335 g/mol. The molecule has 0 aliphatic carbocycles. The number of ether oxygens (including phenoxy) is 1. The van der Waals surface area contributed by atoms with E-state index in [1.807, 2.05) is 18.2 Å². The Morgan fingerprint density at radius 1 is 1.08 bits per heavy atom. The second-order valence-corrected chi connectivity index (χ2v) is 6.19. The van der Waals surface area contributed by atoms with Gasteiger partial charge in [-0.25, -0.2) is 0 Å². The molecule has 1 rings (SSSR count). The summed E-state index contributed by atoms with van der Waals surface area (Å²) in [6.07, 6.45) is 5.00. The zero-order chi connectivity index (χ0) is 17.9. The van der Waals surface area contributed by atoms with E-state index in [-0.39, 0.29) is 24.3 Å². The lowest BCUT2D eigenvalue weighted by Gasteiger charge is -2.14. The number of nitrogens with two attached hydrogens (primary N) is 3. The minimum atomic E-state index is -0.348. The maximum atomic E-state index is 10.7. The van der Waals surface area contributed by atoms with E-state index in [9.17, 15) is 9.59 Å². The lowest BCUT2D eigenvalue weighted by Crippen LogP contribution is -2.29. The van der Waals surface area contributed by atoms with Gasteiger partial charge in [-0.3, -0.25) is 9.59 Å². The van der Waals surface area contributed by atoms with Gasteiger partial charge in [-0.05, 0) is 55.9 Å². The first-order valence-electron chi connectivity index (χ1n) is 8.43. The summed E-state index contributed by atoms with van der Waals surface area (Å²) in [5.74, 6) is 0.191. The number of aryl methyl sites for hydroxylation is 2. The predicted molar refractivity (Wildman–Crippen MR) is 94.4 cm³/mol. The van der Waals surface area contributed by atoms with E-state index in [1.54, 1.807) is 0 Å². The lowest BCUT2D eigenvalue weighted by atomic mass is 10.0. The van der Waals surface area contributed by atoms with Gasteiger partial charge < -0.3 is 21.9 Å². The summed E-state index contributed by atoms with van der Waals surface area (Å²) in [6.45, 7) is 2.43. The highest BCUT2D eigenvalue weighted by atomic mass is 16.5. The Labute approximate surface area is 143 Å². The minimum Gasteiger partial charge on any atom is -0.492 e. The third kappa shape index (κ3) is 8.53. The van der Waals surface area contributed by atoms with Crippen molar-refractivity contribution in [1.29, 1.82) is 0 Å². The highest BCUT2D eigenvalue weighted by Crippen LogP contribution is 2.20. The number of rotatable bonds is 12. The summed E-state index contributed by atoms with van der Waals surface area (Å²) < 4.78 is 5.72. The van der Waals surface area contributed by atoms with E-state index >= 15 is 0 Å². The first-order valence-corrected chi connectivity index (χ1v) is 8.43. The maximum absolute atomic E-state index is 10.7. The molecule has 0 aliphatic heterocycles. The summed E-state index contributed by atoms with van der Waals surface area (Å²) in [4.78, 5) is 21.5. The lowest BCUT2D eigenvalue weighted by molar-refractivity contribution is -0.119. The van der Waals surface area contributed by atoms with Gasteiger partial charge in [-0.2, -0.15) is 0 Å². The van der Waals surface area contributed by atoms with Crippen LogP contribution in [-0.2, 0) is 16.0 Å². The zero-order valence-corrected chi connectivity index (χ0v) is 14.4. The van der Waals surface area contributed by atoms with Crippen LogP contribution in [-0.4, -0.2) is 24.5 Å². The number of carbonyl (C=O) groups excluding carboxylic acids is 2. The third-order valence-electron chi connectivity index (χ3n) is 3.92. The number of carbonyl (C=O) groups is 2. The second kappa shape index (κ2) is 10.6. The molecule has 24 heavy (non-hydrogen) atoms. The van der Waals surface area contributed by atoms with Crippen molar-refractivity contribution in [2.24, 2.45) is 17.2 Å².